The Hall–Kier alpha value is -0.800. The van der Waals surface area contributed by atoms with Gasteiger partial charge in [-0.15, -0.1) is 0 Å². The van der Waals surface area contributed by atoms with Gasteiger partial charge in [0.25, 0.3) is 6.36 Å². The van der Waals surface area contributed by atoms with Crippen molar-refractivity contribution in [3.8, 4) is 0 Å². The summed E-state index contributed by atoms with van der Waals surface area (Å²) in [5, 5.41) is 0. The molecule has 0 radical (unpaired) electrons. The first-order valence-corrected chi connectivity index (χ1v) is 2.21. The van der Waals surface area contributed by atoms with Gasteiger partial charge in [0.1, 0.15) is 0 Å². The lowest BCUT2D eigenvalue weighted by atomic mass is 10.4. The van der Waals surface area contributed by atoms with E-state index in [-0.39, 0.29) is 0 Å². The molecule has 1 saturated heterocycles. The zero-order chi connectivity index (χ0) is 6.15. The van der Waals surface area contributed by atoms with E-state index in [2.05, 4.69) is 9.47 Å². The Kier molecular flexibility index (Phi) is 1.08. The Morgan fingerprint density at radius 1 is 1.62 bits per heavy atom. The maximum Gasteiger partial charge on any atom is 0.511 e. The van der Waals surface area contributed by atoms with Crippen molar-refractivity contribution in [1.29, 1.82) is 0 Å². The maximum absolute atomic E-state index is 12.0. The first kappa shape index (κ1) is 5.34. The molecule has 4 heteroatoms. The van der Waals surface area contributed by atoms with Crippen LogP contribution in [0.1, 0.15) is 6.92 Å². The molecule has 8 heavy (non-hydrogen) atoms. The minimum Gasteiger partial charge on any atom is -0.424 e. The van der Waals surface area contributed by atoms with E-state index in [4.69, 9.17) is 0 Å². The van der Waals surface area contributed by atoms with Crippen molar-refractivity contribution in [1.82, 2.24) is 0 Å². The first-order chi connectivity index (χ1) is 3.70. The van der Waals surface area contributed by atoms with Gasteiger partial charge in [0.15, 0.2) is 6.10 Å². The molecule has 1 fully saturated rings. The topological polar surface area (TPSA) is 35.5 Å². The molecule has 1 heterocycles. The quantitative estimate of drug-likeness (QED) is 0.444. The number of carbonyl (C=O) groups is 1. The number of ether oxygens (including phenoxy) is 2. The highest BCUT2D eigenvalue weighted by Crippen LogP contribution is 2.14. The first-order valence-electron chi connectivity index (χ1n) is 2.21. The number of halogens is 1. The van der Waals surface area contributed by atoms with E-state index >= 15 is 0 Å². The number of hydrogen-bond acceptors (Lipinski definition) is 3. The number of hydrogen-bond donors (Lipinski definition) is 0. The minimum atomic E-state index is -1.58. The van der Waals surface area contributed by atoms with Crippen molar-refractivity contribution in [2.75, 3.05) is 0 Å². The van der Waals surface area contributed by atoms with Crippen molar-refractivity contribution >= 4 is 6.16 Å². The minimum absolute atomic E-state index is 0.748. The van der Waals surface area contributed by atoms with Gasteiger partial charge >= 0.3 is 6.16 Å². The number of cyclic esters (lactones) is 2. The SMILES string of the molecule is C[C@@H]1OC(=O)O[C@@H]1F. The summed E-state index contributed by atoms with van der Waals surface area (Å²) in [6, 6.07) is 0. The Bertz CT molecular complexity index is 102. The van der Waals surface area contributed by atoms with Crippen LogP contribution in [0.4, 0.5) is 9.18 Å². The molecule has 0 aliphatic carbocycles. The fraction of sp³-hybridized carbons (Fsp3) is 0.750. The summed E-state index contributed by atoms with van der Waals surface area (Å²) in [5.74, 6) is 0. The highest BCUT2D eigenvalue weighted by atomic mass is 19.1. The fourth-order valence-corrected chi connectivity index (χ4v) is 0.421. The molecule has 1 aliphatic rings. The number of alkyl halides is 1. The third kappa shape index (κ3) is 0.731. The van der Waals surface area contributed by atoms with E-state index < -0.39 is 18.6 Å². The van der Waals surface area contributed by atoms with E-state index in [0.717, 1.165) is 0 Å². The molecular weight excluding hydrogens is 115 g/mol. The Labute approximate surface area is 45.4 Å². The second-order valence-electron chi connectivity index (χ2n) is 1.54. The normalized spacial score (nSPS) is 36.5. The van der Waals surface area contributed by atoms with Crippen LogP contribution in [0.25, 0.3) is 0 Å². The summed E-state index contributed by atoms with van der Waals surface area (Å²) in [4.78, 5) is 9.98. The largest absolute Gasteiger partial charge is 0.511 e. The average Bonchev–Trinajstić information content (AvgIpc) is 1.85. The predicted molar refractivity (Wildman–Crippen MR) is 21.9 cm³/mol. The van der Waals surface area contributed by atoms with Crippen LogP contribution < -0.4 is 0 Å². The lowest BCUT2D eigenvalue weighted by Crippen LogP contribution is -2.11. The second kappa shape index (κ2) is 1.61. The molecule has 0 spiro atoms. The molecule has 0 amide bonds. The van der Waals surface area contributed by atoms with Gasteiger partial charge in [-0.25, -0.2) is 4.79 Å². The Morgan fingerprint density at radius 2 is 2.25 bits per heavy atom. The summed E-state index contributed by atoms with van der Waals surface area (Å²) in [6.45, 7) is 1.43. The molecule has 0 aromatic rings. The molecule has 0 unspecified atom stereocenters. The predicted octanol–water partition coefficient (Wildman–Crippen LogP) is 0.837. The third-order valence-corrected chi connectivity index (χ3v) is 0.860. The Morgan fingerprint density at radius 3 is 2.38 bits per heavy atom. The van der Waals surface area contributed by atoms with Gasteiger partial charge in [-0.3, -0.25) is 0 Å². The van der Waals surface area contributed by atoms with E-state index in [9.17, 15) is 9.18 Å². The lowest BCUT2D eigenvalue weighted by Gasteiger charge is -1.96. The summed E-state index contributed by atoms with van der Waals surface area (Å²) >= 11 is 0. The van der Waals surface area contributed by atoms with Crippen LogP contribution in [0.3, 0.4) is 0 Å². The number of rotatable bonds is 0. The summed E-state index contributed by atoms with van der Waals surface area (Å²) in [5.41, 5.74) is 0. The van der Waals surface area contributed by atoms with Crippen molar-refractivity contribution in [2.24, 2.45) is 0 Å². The van der Waals surface area contributed by atoms with Crippen molar-refractivity contribution in [3.63, 3.8) is 0 Å². The van der Waals surface area contributed by atoms with Crippen LogP contribution in [0, 0.1) is 0 Å². The van der Waals surface area contributed by atoms with Crippen LogP contribution in [0.5, 0.6) is 0 Å². The summed E-state index contributed by atoms with van der Waals surface area (Å²) < 4.78 is 20.2. The molecular formula is C4H5FO3. The summed E-state index contributed by atoms with van der Waals surface area (Å²) in [7, 11) is 0. The monoisotopic (exact) mass is 120 g/mol. The van der Waals surface area contributed by atoms with Crippen LogP contribution in [0.2, 0.25) is 0 Å². The van der Waals surface area contributed by atoms with Crippen molar-refractivity contribution < 1.29 is 18.7 Å². The Balaban J connectivity index is 2.51. The van der Waals surface area contributed by atoms with Gasteiger partial charge in [-0.1, -0.05) is 0 Å². The van der Waals surface area contributed by atoms with Crippen molar-refractivity contribution in [3.05, 3.63) is 0 Å². The van der Waals surface area contributed by atoms with Crippen LogP contribution in [0.15, 0.2) is 0 Å². The molecule has 46 valence electrons. The molecule has 1 aliphatic heterocycles. The maximum atomic E-state index is 12.0. The van der Waals surface area contributed by atoms with E-state index in [1.807, 2.05) is 0 Å². The summed E-state index contributed by atoms with van der Waals surface area (Å²) in [6.07, 6.45) is -3.25. The lowest BCUT2D eigenvalue weighted by molar-refractivity contribution is 0.0374. The molecule has 0 bridgehead atoms. The molecule has 1 rings (SSSR count). The highest BCUT2D eigenvalue weighted by molar-refractivity contribution is 5.62. The van der Waals surface area contributed by atoms with Gasteiger partial charge in [0.2, 0.25) is 0 Å². The smallest absolute Gasteiger partial charge is 0.424 e. The van der Waals surface area contributed by atoms with Crippen LogP contribution in [-0.4, -0.2) is 18.6 Å². The van der Waals surface area contributed by atoms with E-state index in [1.165, 1.54) is 6.92 Å². The molecule has 2 atom stereocenters. The van der Waals surface area contributed by atoms with Gasteiger partial charge in [-0.2, -0.15) is 4.39 Å². The third-order valence-electron chi connectivity index (χ3n) is 0.860. The molecule has 0 N–H and O–H groups in total. The zero-order valence-electron chi connectivity index (χ0n) is 4.26. The number of carbonyl (C=O) groups excluding carboxylic acids is 1. The van der Waals surface area contributed by atoms with Gasteiger partial charge in [-0.05, 0) is 6.92 Å². The van der Waals surface area contributed by atoms with Crippen LogP contribution in [-0.2, 0) is 9.47 Å². The van der Waals surface area contributed by atoms with Gasteiger partial charge in [0.05, 0.1) is 0 Å². The zero-order valence-corrected chi connectivity index (χ0v) is 4.26. The van der Waals surface area contributed by atoms with Crippen molar-refractivity contribution in [2.45, 2.75) is 19.4 Å². The second-order valence-corrected chi connectivity index (χ2v) is 1.54. The highest BCUT2D eigenvalue weighted by Gasteiger charge is 2.32. The standard InChI is InChI=1S/C4H5FO3/c1-2-3(5)8-4(6)7-2/h2-3H,1H3/t2-,3-/m0/s1. The molecule has 0 aromatic heterocycles. The van der Waals surface area contributed by atoms with E-state index in [1.54, 1.807) is 0 Å². The molecule has 0 aromatic carbocycles. The van der Waals surface area contributed by atoms with Gasteiger partial charge in [0, 0.05) is 0 Å². The van der Waals surface area contributed by atoms with E-state index in [0.29, 0.717) is 0 Å². The molecule has 0 saturated carbocycles. The van der Waals surface area contributed by atoms with Crippen LogP contribution >= 0.6 is 0 Å². The fourth-order valence-electron chi connectivity index (χ4n) is 0.421. The van der Waals surface area contributed by atoms with Gasteiger partial charge < -0.3 is 9.47 Å². The average molecular weight is 120 g/mol. The molecule has 3 nitrogen and oxygen atoms in total.